The quantitative estimate of drug-likeness (QED) is 0.817. The molecule has 0 spiro atoms. The van der Waals surface area contributed by atoms with Crippen LogP contribution in [0.3, 0.4) is 0 Å². The molecule has 4 nitrogen and oxygen atoms in total. The van der Waals surface area contributed by atoms with Crippen LogP contribution < -0.4 is 10.1 Å². The van der Waals surface area contributed by atoms with Gasteiger partial charge < -0.3 is 15.2 Å². The topological polar surface area (TPSA) is 58.6 Å². The lowest BCUT2D eigenvalue weighted by Crippen LogP contribution is -2.44. The summed E-state index contributed by atoms with van der Waals surface area (Å²) in [5.41, 5.74) is -0.423. The highest BCUT2D eigenvalue weighted by molar-refractivity contribution is 8.00. The molecule has 2 aromatic carbocycles. The summed E-state index contributed by atoms with van der Waals surface area (Å²) in [5.74, 6) is 0.381. The fraction of sp³-hybridized carbons (Fsp3) is 0.278. The van der Waals surface area contributed by atoms with E-state index < -0.39 is 5.60 Å². The van der Waals surface area contributed by atoms with E-state index in [2.05, 4.69) is 5.32 Å². The normalized spacial score (nSPS) is 19.2. The molecule has 126 valence electrons. The van der Waals surface area contributed by atoms with Crippen LogP contribution in [0.25, 0.3) is 0 Å². The number of carbonyl (C=O) groups excluding carboxylic acids is 1. The number of hydrogen-bond donors (Lipinski definition) is 2. The smallest absolute Gasteiger partial charge is 0.230 e. The second kappa shape index (κ2) is 7.23. The molecule has 0 aliphatic carbocycles. The standard InChI is InChI=1S/C18H18FNO3S/c19-13-5-7-14(8-6-13)24-11-17(21)20-12-18(22)9-10-23-16-4-2-1-3-15(16)18/h1-8,22H,9-12H2,(H,20,21)/t18-/m0/s1. The Balaban J connectivity index is 1.55. The highest BCUT2D eigenvalue weighted by atomic mass is 32.2. The van der Waals surface area contributed by atoms with Gasteiger partial charge in [0.2, 0.25) is 5.91 Å². The fourth-order valence-corrected chi connectivity index (χ4v) is 3.33. The Kier molecular flexibility index (Phi) is 5.06. The predicted octanol–water partition coefficient (Wildman–Crippen LogP) is 2.70. The largest absolute Gasteiger partial charge is 0.493 e. The maximum Gasteiger partial charge on any atom is 0.230 e. The van der Waals surface area contributed by atoms with Crippen LogP contribution in [0, 0.1) is 5.82 Å². The zero-order valence-corrected chi connectivity index (χ0v) is 13.8. The van der Waals surface area contributed by atoms with Crippen LogP contribution >= 0.6 is 11.8 Å². The summed E-state index contributed by atoms with van der Waals surface area (Å²) < 4.78 is 18.4. The van der Waals surface area contributed by atoms with Gasteiger partial charge in [0.15, 0.2) is 0 Å². The lowest BCUT2D eigenvalue weighted by molar-refractivity contribution is -0.120. The second-order valence-corrected chi connectivity index (χ2v) is 6.69. The molecule has 0 radical (unpaired) electrons. The molecule has 1 atom stereocenters. The molecule has 24 heavy (non-hydrogen) atoms. The average molecular weight is 347 g/mol. The summed E-state index contributed by atoms with van der Waals surface area (Å²) in [4.78, 5) is 12.9. The first kappa shape index (κ1) is 16.8. The lowest BCUT2D eigenvalue weighted by Gasteiger charge is -2.34. The van der Waals surface area contributed by atoms with Crippen molar-refractivity contribution in [3.63, 3.8) is 0 Å². The van der Waals surface area contributed by atoms with Crippen molar-refractivity contribution in [1.82, 2.24) is 5.32 Å². The Bertz CT molecular complexity index is 722. The molecule has 0 saturated heterocycles. The number of aliphatic hydroxyl groups is 1. The number of fused-ring (bicyclic) bond motifs is 1. The molecule has 0 fully saturated rings. The average Bonchev–Trinajstić information content (AvgIpc) is 2.60. The third-order valence-electron chi connectivity index (χ3n) is 3.92. The van der Waals surface area contributed by atoms with E-state index in [0.29, 0.717) is 24.3 Å². The van der Waals surface area contributed by atoms with E-state index in [9.17, 15) is 14.3 Å². The minimum Gasteiger partial charge on any atom is -0.493 e. The van der Waals surface area contributed by atoms with Gasteiger partial charge in [0, 0.05) is 16.9 Å². The number of hydrogen-bond acceptors (Lipinski definition) is 4. The minimum atomic E-state index is -1.12. The van der Waals surface area contributed by atoms with Gasteiger partial charge in [-0.1, -0.05) is 18.2 Å². The molecule has 0 saturated carbocycles. The number of nitrogens with one attached hydrogen (secondary N) is 1. The minimum absolute atomic E-state index is 0.135. The number of carbonyl (C=O) groups is 1. The van der Waals surface area contributed by atoms with Crippen molar-refractivity contribution in [1.29, 1.82) is 0 Å². The first-order valence-corrected chi connectivity index (χ1v) is 8.65. The molecule has 1 amide bonds. The lowest BCUT2D eigenvalue weighted by atomic mass is 9.88. The van der Waals surface area contributed by atoms with Crippen molar-refractivity contribution >= 4 is 17.7 Å². The van der Waals surface area contributed by atoms with Gasteiger partial charge in [-0.05, 0) is 30.3 Å². The Morgan fingerprint density at radius 3 is 2.79 bits per heavy atom. The summed E-state index contributed by atoms with van der Waals surface area (Å²) in [6.07, 6.45) is 0.426. The molecule has 1 heterocycles. The first-order chi connectivity index (χ1) is 11.6. The number of ether oxygens (including phenoxy) is 1. The van der Waals surface area contributed by atoms with Crippen LogP contribution in [0.15, 0.2) is 53.4 Å². The molecule has 0 bridgehead atoms. The van der Waals surface area contributed by atoms with Crippen molar-refractivity contribution in [2.45, 2.75) is 16.9 Å². The van der Waals surface area contributed by atoms with E-state index in [1.807, 2.05) is 24.3 Å². The predicted molar refractivity (Wildman–Crippen MR) is 90.6 cm³/mol. The van der Waals surface area contributed by atoms with Gasteiger partial charge in [0.05, 0.1) is 18.9 Å². The van der Waals surface area contributed by atoms with Crippen LogP contribution in [0.1, 0.15) is 12.0 Å². The van der Waals surface area contributed by atoms with Gasteiger partial charge >= 0.3 is 0 Å². The molecule has 1 aliphatic rings. The van der Waals surface area contributed by atoms with Crippen LogP contribution in [0.2, 0.25) is 0 Å². The van der Waals surface area contributed by atoms with E-state index >= 15 is 0 Å². The zero-order chi connectivity index (χ0) is 17.0. The van der Waals surface area contributed by atoms with Gasteiger partial charge in [-0.2, -0.15) is 0 Å². The van der Waals surface area contributed by atoms with Crippen molar-refractivity contribution in [3.05, 3.63) is 59.9 Å². The third-order valence-corrected chi connectivity index (χ3v) is 4.94. The van der Waals surface area contributed by atoms with Crippen molar-refractivity contribution < 1.29 is 19.0 Å². The van der Waals surface area contributed by atoms with E-state index in [4.69, 9.17) is 4.74 Å². The maximum absolute atomic E-state index is 12.8. The molecule has 0 aromatic heterocycles. The number of rotatable bonds is 5. The van der Waals surface area contributed by atoms with E-state index in [-0.39, 0.29) is 24.0 Å². The fourth-order valence-electron chi connectivity index (χ4n) is 2.60. The molecule has 1 aliphatic heterocycles. The molecular weight excluding hydrogens is 329 g/mol. The maximum atomic E-state index is 12.8. The summed E-state index contributed by atoms with van der Waals surface area (Å²) >= 11 is 1.32. The monoisotopic (exact) mass is 347 g/mol. The van der Waals surface area contributed by atoms with E-state index in [0.717, 1.165) is 4.90 Å². The first-order valence-electron chi connectivity index (χ1n) is 7.67. The molecule has 6 heteroatoms. The molecule has 2 N–H and O–H groups in total. The molecule has 0 unspecified atom stereocenters. The van der Waals surface area contributed by atoms with Gasteiger partial charge in [-0.15, -0.1) is 11.8 Å². The van der Waals surface area contributed by atoms with Gasteiger partial charge in [0.1, 0.15) is 17.2 Å². The Labute approximate surface area is 144 Å². The van der Waals surface area contributed by atoms with E-state index in [1.54, 1.807) is 12.1 Å². The van der Waals surface area contributed by atoms with Crippen molar-refractivity contribution in [3.8, 4) is 5.75 Å². The number of halogens is 1. The van der Waals surface area contributed by atoms with Crippen LogP contribution in [-0.2, 0) is 10.4 Å². The van der Waals surface area contributed by atoms with Crippen molar-refractivity contribution in [2.75, 3.05) is 18.9 Å². The summed E-state index contributed by atoms with van der Waals surface area (Å²) in [6, 6.07) is 13.3. The highest BCUT2D eigenvalue weighted by Gasteiger charge is 2.35. The number of amides is 1. The van der Waals surface area contributed by atoms with Gasteiger partial charge in [-0.3, -0.25) is 4.79 Å². The highest BCUT2D eigenvalue weighted by Crippen LogP contribution is 2.36. The molecule has 2 aromatic rings. The van der Waals surface area contributed by atoms with Crippen LogP contribution in [-0.4, -0.2) is 29.9 Å². The Morgan fingerprint density at radius 1 is 1.25 bits per heavy atom. The number of thioether (sulfide) groups is 1. The Hall–Kier alpha value is -2.05. The van der Waals surface area contributed by atoms with E-state index in [1.165, 1.54) is 23.9 Å². The summed E-state index contributed by atoms with van der Waals surface area (Å²) in [7, 11) is 0. The Morgan fingerprint density at radius 2 is 2.00 bits per heavy atom. The van der Waals surface area contributed by atoms with Crippen LogP contribution in [0.4, 0.5) is 4.39 Å². The van der Waals surface area contributed by atoms with Crippen molar-refractivity contribution in [2.24, 2.45) is 0 Å². The third kappa shape index (κ3) is 3.88. The zero-order valence-electron chi connectivity index (χ0n) is 13.0. The summed E-state index contributed by atoms with van der Waals surface area (Å²) in [5, 5.41) is 13.6. The number of benzene rings is 2. The molecular formula is C18H18FNO3S. The van der Waals surface area contributed by atoms with Gasteiger partial charge in [-0.25, -0.2) is 4.39 Å². The van der Waals surface area contributed by atoms with Gasteiger partial charge in [0.25, 0.3) is 0 Å². The SMILES string of the molecule is O=C(CSc1ccc(F)cc1)NC[C@@]1(O)CCOc2ccccc21. The van der Waals surface area contributed by atoms with Crippen LogP contribution in [0.5, 0.6) is 5.75 Å². The summed E-state index contributed by atoms with van der Waals surface area (Å²) in [6.45, 7) is 0.546. The molecule has 3 rings (SSSR count). The number of para-hydroxylation sites is 1. The second-order valence-electron chi connectivity index (χ2n) is 5.65.